The highest BCUT2D eigenvalue weighted by Crippen LogP contribution is 2.44. The molecule has 4 rings (SSSR count). The van der Waals surface area contributed by atoms with E-state index >= 15 is 0 Å². The Hall–Kier alpha value is -4.73. The number of ether oxygens (including phenoxy) is 2. The summed E-state index contributed by atoms with van der Waals surface area (Å²) in [5.74, 6) is -1.43. The minimum Gasteiger partial charge on any atom is -0.467 e. The maximum Gasteiger partial charge on any atom is 0.407 e. The van der Waals surface area contributed by atoms with Crippen LogP contribution in [0.2, 0.25) is 0 Å². The number of hydrogen-bond donors (Lipinski definition) is 2. The van der Waals surface area contributed by atoms with Gasteiger partial charge in [0.2, 0.25) is 5.91 Å². The first-order chi connectivity index (χ1) is 18.3. The Labute approximate surface area is 219 Å². The maximum absolute atomic E-state index is 12.8. The lowest BCUT2D eigenvalue weighted by atomic mass is 9.98. The highest BCUT2D eigenvalue weighted by molar-refractivity contribution is 5.89. The zero-order valence-corrected chi connectivity index (χ0v) is 20.9. The summed E-state index contributed by atoms with van der Waals surface area (Å²) in [6.45, 7) is 1.57. The zero-order chi connectivity index (χ0) is 27.2. The summed E-state index contributed by atoms with van der Waals surface area (Å²) in [6, 6.07) is 19.5. The Morgan fingerprint density at radius 3 is 2.05 bits per heavy atom. The van der Waals surface area contributed by atoms with E-state index in [1.54, 1.807) is 0 Å². The normalized spacial score (nSPS) is 13.4. The monoisotopic (exact) mass is 517 g/mol. The SMILES string of the molecule is COC(=O)C(Cc1ccc([N+](=O)[O-])cc1)NC(=O)C(C)NC(=O)OCC1c2ccccc2-c2ccccc21. The molecule has 0 heterocycles. The smallest absolute Gasteiger partial charge is 0.407 e. The second kappa shape index (κ2) is 11.5. The zero-order valence-electron chi connectivity index (χ0n) is 20.9. The topological polar surface area (TPSA) is 137 Å². The molecule has 0 saturated carbocycles. The fraction of sp³-hybridized carbons (Fsp3) is 0.250. The quantitative estimate of drug-likeness (QED) is 0.251. The van der Waals surface area contributed by atoms with Gasteiger partial charge in [-0.15, -0.1) is 0 Å². The van der Waals surface area contributed by atoms with Gasteiger partial charge in [-0.25, -0.2) is 9.59 Å². The van der Waals surface area contributed by atoms with Crippen molar-refractivity contribution in [3.63, 3.8) is 0 Å². The summed E-state index contributed by atoms with van der Waals surface area (Å²) in [4.78, 5) is 47.9. The number of methoxy groups -OCH3 is 1. The first kappa shape index (κ1) is 26.3. The van der Waals surface area contributed by atoms with E-state index < -0.39 is 35.0 Å². The van der Waals surface area contributed by atoms with Gasteiger partial charge in [-0.1, -0.05) is 60.7 Å². The fourth-order valence-corrected chi connectivity index (χ4v) is 4.50. The van der Waals surface area contributed by atoms with Crippen molar-refractivity contribution in [1.29, 1.82) is 0 Å². The van der Waals surface area contributed by atoms with Crippen LogP contribution >= 0.6 is 0 Å². The van der Waals surface area contributed by atoms with Gasteiger partial charge in [0, 0.05) is 24.5 Å². The van der Waals surface area contributed by atoms with Gasteiger partial charge in [0.15, 0.2) is 0 Å². The number of alkyl carbamates (subject to hydrolysis) is 1. The minimum atomic E-state index is -1.05. The number of rotatable bonds is 9. The number of carbonyl (C=O) groups excluding carboxylic acids is 3. The molecule has 2 amide bonds. The molecule has 0 aliphatic heterocycles. The number of nitro benzene ring substituents is 1. The second-order valence-electron chi connectivity index (χ2n) is 8.90. The second-order valence-corrected chi connectivity index (χ2v) is 8.90. The number of amides is 2. The van der Waals surface area contributed by atoms with Crippen LogP contribution in [0.25, 0.3) is 11.1 Å². The van der Waals surface area contributed by atoms with Crippen molar-refractivity contribution < 1.29 is 28.8 Å². The lowest BCUT2D eigenvalue weighted by Crippen LogP contribution is -2.51. The van der Waals surface area contributed by atoms with Crippen molar-refractivity contribution in [2.45, 2.75) is 31.3 Å². The predicted octanol–water partition coefficient (Wildman–Crippen LogP) is 3.72. The number of hydrogen-bond acceptors (Lipinski definition) is 7. The molecule has 1 aliphatic rings. The Balaban J connectivity index is 1.34. The van der Waals surface area contributed by atoms with Crippen molar-refractivity contribution in [2.75, 3.05) is 13.7 Å². The molecule has 2 atom stereocenters. The number of non-ortho nitro benzene ring substituents is 1. The van der Waals surface area contributed by atoms with E-state index in [0.29, 0.717) is 5.56 Å². The van der Waals surface area contributed by atoms with Gasteiger partial charge in [-0.05, 0) is 34.7 Å². The molecular weight excluding hydrogens is 490 g/mol. The fourth-order valence-electron chi connectivity index (χ4n) is 4.50. The summed E-state index contributed by atoms with van der Waals surface area (Å²) in [5, 5.41) is 15.9. The summed E-state index contributed by atoms with van der Waals surface area (Å²) in [5.41, 5.74) is 4.84. The van der Waals surface area contributed by atoms with Crippen LogP contribution in [0.5, 0.6) is 0 Å². The van der Waals surface area contributed by atoms with E-state index in [1.165, 1.54) is 38.3 Å². The first-order valence-corrected chi connectivity index (χ1v) is 12.0. The Morgan fingerprint density at radius 2 is 1.50 bits per heavy atom. The molecule has 0 aromatic heterocycles. The van der Waals surface area contributed by atoms with Gasteiger partial charge in [-0.2, -0.15) is 0 Å². The highest BCUT2D eigenvalue weighted by Gasteiger charge is 2.30. The maximum atomic E-state index is 12.8. The third-order valence-corrected chi connectivity index (χ3v) is 6.46. The van der Waals surface area contributed by atoms with Gasteiger partial charge in [0.25, 0.3) is 5.69 Å². The van der Waals surface area contributed by atoms with Crippen LogP contribution in [-0.4, -0.2) is 48.7 Å². The molecule has 1 aliphatic carbocycles. The van der Waals surface area contributed by atoms with E-state index in [0.717, 1.165) is 22.3 Å². The number of nitrogens with zero attached hydrogens (tertiary/aromatic N) is 1. The Bertz CT molecular complexity index is 1310. The predicted molar refractivity (Wildman–Crippen MR) is 138 cm³/mol. The molecule has 38 heavy (non-hydrogen) atoms. The lowest BCUT2D eigenvalue weighted by Gasteiger charge is -2.20. The number of esters is 1. The number of fused-ring (bicyclic) bond motifs is 3. The highest BCUT2D eigenvalue weighted by atomic mass is 16.6. The molecule has 0 bridgehead atoms. The summed E-state index contributed by atoms with van der Waals surface area (Å²) < 4.78 is 10.3. The molecule has 2 unspecified atom stereocenters. The molecule has 10 heteroatoms. The van der Waals surface area contributed by atoms with Crippen LogP contribution in [0.1, 0.15) is 29.5 Å². The van der Waals surface area contributed by atoms with Gasteiger partial charge in [0.05, 0.1) is 12.0 Å². The average molecular weight is 518 g/mol. The van der Waals surface area contributed by atoms with Crippen LogP contribution in [0.4, 0.5) is 10.5 Å². The molecule has 196 valence electrons. The first-order valence-electron chi connectivity index (χ1n) is 12.0. The summed E-state index contributed by atoms with van der Waals surface area (Å²) >= 11 is 0. The number of nitro groups is 1. The molecule has 3 aromatic carbocycles. The van der Waals surface area contributed by atoms with E-state index in [-0.39, 0.29) is 24.6 Å². The Kier molecular flexibility index (Phi) is 8.00. The number of benzene rings is 3. The van der Waals surface area contributed by atoms with Crippen molar-refractivity contribution in [3.05, 3.63) is 99.6 Å². The molecule has 2 N–H and O–H groups in total. The summed E-state index contributed by atoms with van der Waals surface area (Å²) in [7, 11) is 1.19. The number of carbonyl (C=O) groups is 3. The van der Waals surface area contributed by atoms with Crippen LogP contribution in [-0.2, 0) is 25.5 Å². The molecule has 0 fully saturated rings. The summed E-state index contributed by atoms with van der Waals surface area (Å²) in [6.07, 6.45) is -0.715. The minimum absolute atomic E-state index is 0.0497. The third kappa shape index (κ3) is 5.80. The molecule has 0 saturated heterocycles. The van der Waals surface area contributed by atoms with E-state index in [4.69, 9.17) is 9.47 Å². The van der Waals surface area contributed by atoms with Gasteiger partial charge in [0.1, 0.15) is 18.7 Å². The third-order valence-electron chi connectivity index (χ3n) is 6.46. The molecule has 3 aromatic rings. The van der Waals surface area contributed by atoms with Gasteiger partial charge in [-0.3, -0.25) is 14.9 Å². The largest absolute Gasteiger partial charge is 0.467 e. The van der Waals surface area contributed by atoms with Crippen LogP contribution < -0.4 is 10.6 Å². The van der Waals surface area contributed by atoms with Crippen molar-refractivity contribution in [3.8, 4) is 11.1 Å². The average Bonchev–Trinajstić information content (AvgIpc) is 3.24. The molecule has 0 spiro atoms. The van der Waals surface area contributed by atoms with E-state index in [1.807, 2.05) is 48.5 Å². The van der Waals surface area contributed by atoms with Gasteiger partial charge >= 0.3 is 12.1 Å². The van der Waals surface area contributed by atoms with Crippen molar-refractivity contribution in [2.24, 2.45) is 0 Å². The molecular formula is C28H27N3O7. The van der Waals surface area contributed by atoms with Crippen LogP contribution in [0.3, 0.4) is 0 Å². The molecule has 0 radical (unpaired) electrons. The van der Waals surface area contributed by atoms with Gasteiger partial charge < -0.3 is 20.1 Å². The van der Waals surface area contributed by atoms with E-state index in [9.17, 15) is 24.5 Å². The van der Waals surface area contributed by atoms with Crippen LogP contribution in [0, 0.1) is 10.1 Å². The molecule has 10 nitrogen and oxygen atoms in total. The van der Waals surface area contributed by atoms with Crippen LogP contribution in [0.15, 0.2) is 72.8 Å². The lowest BCUT2D eigenvalue weighted by molar-refractivity contribution is -0.384. The van der Waals surface area contributed by atoms with Crippen molar-refractivity contribution in [1.82, 2.24) is 10.6 Å². The number of nitrogens with one attached hydrogen (secondary N) is 2. The standard InChI is InChI=1S/C28H27N3O7/c1-17(26(32)30-25(27(33)37-2)15-18-11-13-19(14-12-18)31(35)36)29-28(34)38-16-24-22-9-5-3-7-20(22)21-8-4-6-10-23(21)24/h3-14,17,24-25H,15-16H2,1-2H3,(H,29,34)(H,30,32). The van der Waals surface area contributed by atoms with E-state index in [2.05, 4.69) is 10.6 Å². The Morgan fingerprint density at radius 1 is 0.921 bits per heavy atom. The van der Waals surface area contributed by atoms with Crippen molar-refractivity contribution >= 4 is 23.7 Å².